The van der Waals surface area contributed by atoms with Gasteiger partial charge in [0, 0.05) is 30.1 Å². The summed E-state index contributed by atoms with van der Waals surface area (Å²) < 4.78 is 5.38. The van der Waals surface area contributed by atoms with E-state index in [1.807, 2.05) is 48.8 Å². The summed E-state index contributed by atoms with van der Waals surface area (Å²) in [5.41, 5.74) is 0.860. The zero-order valence-corrected chi connectivity index (χ0v) is 15.8. The third-order valence-electron chi connectivity index (χ3n) is 4.79. The second-order valence-electron chi connectivity index (χ2n) is 6.27. The number of likely N-dealkylation sites (tertiary alicyclic amines) is 1. The molecule has 134 valence electrons. The molecule has 0 N–H and O–H groups in total. The number of nitrogens with zero attached hydrogens (tertiary/aromatic N) is 2. The number of hydrogen-bond donors (Lipinski definition) is 0. The van der Waals surface area contributed by atoms with Gasteiger partial charge in [0.25, 0.3) is 11.8 Å². The maximum absolute atomic E-state index is 12.8. The molecule has 0 unspecified atom stereocenters. The van der Waals surface area contributed by atoms with Gasteiger partial charge in [0.15, 0.2) is 5.76 Å². The van der Waals surface area contributed by atoms with Crippen LogP contribution >= 0.6 is 11.3 Å². The Labute approximate surface area is 152 Å². The Morgan fingerprint density at radius 1 is 1.28 bits per heavy atom. The van der Waals surface area contributed by atoms with Crippen molar-refractivity contribution in [2.75, 3.05) is 19.6 Å². The van der Waals surface area contributed by atoms with E-state index in [1.54, 1.807) is 6.26 Å². The lowest BCUT2D eigenvalue weighted by Crippen LogP contribution is -2.30. The van der Waals surface area contributed by atoms with Gasteiger partial charge in [-0.15, -0.1) is 11.3 Å². The summed E-state index contributed by atoms with van der Waals surface area (Å²) in [7, 11) is 0. The molecule has 2 aromatic rings. The van der Waals surface area contributed by atoms with E-state index in [4.69, 9.17) is 4.42 Å². The average Bonchev–Trinajstić information content (AvgIpc) is 3.35. The van der Waals surface area contributed by atoms with Crippen LogP contribution in [0.3, 0.4) is 0 Å². The summed E-state index contributed by atoms with van der Waals surface area (Å²) in [5.74, 6) is 0.428. The molecule has 2 amide bonds. The maximum atomic E-state index is 12.8. The average molecular weight is 360 g/mol. The van der Waals surface area contributed by atoms with Crippen LogP contribution in [-0.2, 0) is 0 Å². The highest BCUT2D eigenvalue weighted by Gasteiger charge is 2.34. The Kier molecular flexibility index (Phi) is 5.27. The maximum Gasteiger partial charge on any atom is 0.290 e. The zero-order valence-electron chi connectivity index (χ0n) is 14.9. The Bertz CT molecular complexity index is 760. The van der Waals surface area contributed by atoms with E-state index in [9.17, 15) is 9.59 Å². The van der Waals surface area contributed by atoms with Gasteiger partial charge in [-0.1, -0.05) is 0 Å². The molecule has 0 saturated carbocycles. The minimum absolute atomic E-state index is 0.0280. The predicted molar refractivity (Wildman–Crippen MR) is 98.0 cm³/mol. The number of hydrogen-bond acceptors (Lipinski definition) is 4. The molecule has 1 fully saturated rings. The van der Waals surface area contributed by atoms with Crippen LogP contribution in [0, 0.1) is 6.92 Å². The monoisotopic (exact) mass is 360 g/mol. The fourth-order valence-corrected chi connectivity index (χ4v) is 4.47. The molecule has 0 aromatic carbocycles. The van der Waals surface area contributed by atoms with Crippen LogP contribution in [0.25, 0.3) is 0 Å². The molecule has 1 aliphatic heterocycles. The highest BCUT2D eigenvalue weighted by atomic mass is 32.1. The summed E-state index contributed by atoms with van der Waals surface area (Å²) >= 11 is 1.50. The molecule has 2 aromatic heterocycles. The predicted octanol–water partition coefficient (Wildman–Crippen LogP) is 4.11. The molecule has 0 spiro atoms. The van der Waals surface area contributed by atoms with Gasteiger partial charge in [-0.3, -0.25) is 9.59 Å². The number of carbonyl (C=O) groups excluding carboxylic acids is 2. The number of aryl methyl sites for hydroxylation is 1. The van der Waals surface area contributed by atoms with Gasteiger partial charge in [-0.2, -0.15) is 0 Å². The lowest BCUT2D eigenvalue weighted by Gasteiger charge is -2.23. The molecular formula is C19H24N2O3S. The second-order valence-corrected chi connectivity index (χ2v) is 7.38. The van der Waals surface area contributed by atoms with Crippen LogP contribution in [0.15, 0.2) is 28.9 Å². The topological polar surface area (TPSA) is 53.8 Å². The summed E-state index contributed by atoms with van der Waals surface area (Å²) in [6, 6.07) is 5.72. The Morgan fingerprint density at radius 2 is 2.04 bits per heavy atom. The van der Waals surface area contributed by atoms with Crippen LogP contribution in [0.5, 0.6) is 0 Å². The number of rotatable bonds is 5. The van der Waals surface area contributed by atoms with Gasteiger partial charge < -0.3 is 14.2 Å². The molecule has 3 rings (SSSR count). The van der Waals surface area contributed by atoms with Gasteiger partial charge in [-0.25, -0.2) is 0 Å². The Morgan fingerprint density at radius 3 is 2.68 bits per heavy atom. The third-order valence-corrected chi connectivity index (χ3v) is 5.96. The summed E-state index contributed by atoms with van der Waals surface area (Å²) in [4.78, 5) is 30.9. The zero-order chi connectivity index (χ0) is 18.0. The number of carbonyl (C=O) groups is 2. The lowest BCUT2D eigenvalue weighted by atomic mass is 10.1. The molecule has 6 heteroatoms. The lowest BCUT2D eigenvalue weighted by molar-refractivity contribution is 0.0704. The van der Waals surface area contributed by atoms with Crippen molar-refractivity contribution in [1.29, 1.82) is 0 Å². The van der Waals surface area contributed by atoms with E-state index in [-0.39, 0.29) is 17.9 Å². The molecule has 1 saturated heterocycles. The highest BCUT2D eigenvalue weighted by molar-refractivity contribution is 7.14. The van der Waals surface area contributed by atoms with Gasteiger partial charge in [0.2, 0.25) is 0 Å². The normalized spacial score (nSPS) is 17.1. The Balaban J connectivity index is 1.81. The van der Waals surface area contributed by atoms with E-state index in [0.29, 0.717) is 18.8 Å². The highest BCUT2D eigenvalue weighted by Crippen LogP contribution is 2.37. The van der Waals surface area contributed by atoms with E-state index >= 15 is 0 Å². The van der Waals surface area contributed by atoms with Crippen molar-refractivity contribution < 1.29 is 14.0 Å². The van der Waals surface area contributed by atoms with E-state index in [1.165, 1.54) is 11.3 Å². The second kappa shape index (κ2) is 7.44. The van der Waals surface area contributed by atoms with Crippen LogP contribution in [-0.4, -0.2) is 41.2 Å². The first kappa shape index (κ1) is 17.7. The quantitative estimate of drug-likeness (QED) is 0.806. The first-order valence-electron chi connectivity index (χ1n) is 8.80. The van der Waals surface area contributed by atoms with Gasteiger partial charge in [-0.05, 0) is 51.8 Å². The smallest absolute Gasteiger partial charge is 0.290 e. The third kappa shape index (κ3) is 3.35. The van der Waals surface area contributed by atoms with Crippen LogP contribution < -0.4 is 0 Å². The molecule has 3 heterocycles. The van der Waals surface area contributed by atoms with E-state index < -0.39 is 0 Å². The van der Waals surface area contributed by atoms with Crippen LogP contribution in [0.2, 0.25) is 0 Å². The van der Waals surface area contributed by atoms with E-state index in [2.05, 4.69) is 0 Å². The molecule has 0 radical (unpaired) electrons. The Hall–Kier alpha value is -2.08. The number of furan rings is 1. The van der Waals surface area contributed by atoms with Gasteiger partial charge in [0.05, 0.1) is 17.2 Å². The molecule has 25 heavy (non-hydrogen) atoms. The van der Waals surface area contributed by atoms with Crippen molar-refractivity contribution in [3.63, 3.8) is 0 Å². The first-order chi connectivity index (χ1) is 12.1. The van der Waals surface area contributed by atoms with Crippen molar-refractivity contribution in [2.45, 2.75) is 39.7 Å². The molecule has 1 aliphatic rings. The minimum atomic E-state index is -0.0602. The van der Waals surface area contributed by atoms with Crippen molar-refractivity contribution in [2.24, 2.45) is 0 Å². The first-order valence-corrected chi connectivity index (χ1v) is 9.62. The van der Waals surface area contributed by atoms with Crippen molar-refractivity contribution in [1.82, 2.24) is 9.80 Å². The fraction of sp³-hybridized carbons (Fsp3) is 0.474. The molecule has 5 nitrogen and oxygen atoms in total. The fourth-order valence-electron chi connectivity index (χ4n) is 3.34. The number of amides is 2. The van der Waals surface area contributed by atoms with Crippen molar-refractivity contribution in [3.05, 3.63) is 45.5 Å². The van der Waals surface area contributed by atoms with Gasteiger partial charge in [0.1, 0.15) is 0 Å². The molecule has 0 bridgehead atoms. The summed E-state index contributed by atoms with van der Waals surface area (Å²) in [6.07, 6.45) is 3.44. The summed E-state index contributed by atoms with van der Waals surface area (Å²) in [6.45, 7) is 7.98. The molecular weight excluding hydrogens is 336 g/mol. The van der Waals surface area contributed by atoms with Crippen molar-refractivity contribution in [3.8, 4) is 0 Å². The summed E-state index contributed by atoms with van der Waals surface area (Å²) in [5, 5.41) is 0. The minimum Gasteiger partial charge on any atom is -0.459 e. The van der Waals surface area contributed by atoms with Crippen LogP contribution in [0.1, 0.15) is 63.4 Å². The standard InChI is InChI=1S/C19H24N2O3S/c1-4-20(5-2)18(22)16-9-8-15(25-16)14-7-6-11-21(14)19(23)17-13(3)10-12-24-17/h8-10,12,14H,4-7,11H2,1-3H3/t14-/m0/s1. The van der Waals surface area contributed by atoms with E-state index in [0.717, 1.165) is 34.7 Å². The van der Waals surface area contributed by atoms with Crippen LogP contribution in [0.4, 0.5) is 0 Å². The number of thiophene rings is 1. The largest absolute Gasteiger partial charge is 0.459 e. The molecule has 1 atom stereocenters. The van der Waals surface area contributed by atoms with Gasteiger partial charge >= 0.3 is 0 Å². The van der Waals surface area contributed by atoms with Crippen molar-refractivity contribution >= 4 is 23.2 Å². The SMILES string of the molecule is CCN(CC)C(=O)c1ccc([C@@H]2CCCN2C(=O)c2occc2C)s1. The molecule has 0 aliphatic carbocycles.